The van der Waals surface area contributed by atoms with Gasteiger partial charge in [0.2, 0.25) is 11.8 Å². The van der Waals surface area contributed by atoms with Gasteiger partial charge in [-0.15, -0.1) is 0 Å². The van der Waals surface area contributed by atoms with Gasteiger partial charge in [0.1, 0.15) is 11.5 Å². The van der Waals surface area contributed by atoms with Crippen LogP contribution >= 0.6 is 0 Å². The quantitative estimate of drug-likeness (QED) is 0.729. The monoisotopic (exact) mass is 431 g/mol. The third-order valence-corrected chi connectivity index (χ3v) is 5.98. The minimum atomic E-state index is -0.309. The van der Waals surface area contributed by atoms with E-state index in [9.17, 15) is 14.4 Å². The molecule has 1 aromatic carbocycles. The van der Waals surface area contributed by atoms with Crippen LogP contribution in [0.5, 0.6) is 11.5 Å². The third-order valence-electron chi connectivity index (χ3n) is 5.98. The molecule has 1 atom stereocenters. The van der Waals surface area contributed by atoms with Crippen LogP contribution in [-0.4, -0.2) is 84.9 Å². The second kappa shape index (κ2) is 9.16. The minimum absolute atomic E-state index is 0.0115. The van der Waals surface area contributed by atoms with Gasteiger partial charge in [0.25, 0.3) is 5.91 Å². The predicted molar refractivity (Wildman–Crippen MR) is 116 cm³/mol. The zero-order valence-electron chi connectivity index (χ0n) is 19.1. The number of likely N-dealkylation sites (tertiary alicyclic amines) is 1. The van der Waals surface area contributed by atoms with E-state index in [1.165, 1.54) is 0 Å². The second-order valence-electron chi connectivity index (χ2n) is 9.15. The SMILES string of the molecule is COc1cc(OC)cc(C(=O)N2CCCN(C(=O)C3CC(=O)N(C(C)(C)C)C3)CC2)c1. The highest BCUT2D eigenvalue weighted by atomic mass is 16.5. The van der Waals surface area contributed by atoms with Crippen LogP contribution in [0, 0.1) is 5.92 Å². The molecule has 3 rings (SSSR count). The number of benzene rings is 1. The summed E-state index contributed by atoms with van der Waals surface area (Å²) in [6.45, 7) is 8.50. The lowest BCUT2D eigenvalue weighted by Gasteiger charge is -2.32. The van der Waals surface area contributed by atoms with E-state index in [2.05, 4.69) is 0 Å². The van der Waals surface area contributed by atoms with Crippen molar-refractivity contribution in [3.05, 3.63) is 23.8 Å². The molecule has 0 N–H and O–H groups in total. The van der Waals surface area contributed by atoms with Gasteiger partial charge in [-0.1, -0.05) is 0 Å². The first kappa shape index (κ1) is 22.9. The number of nitrogens with zero attached hydrogens (tertiary/aromatic N) is 3. The topological polar surface area (TPSA) is 79.4 Å². The van der Waals surface area contributed by atoms with Crippen molar-refractivity contribution in [2.24, 2.45) is 5.92 Å². The molecule has 2 saturated heterocycles. The maximum absolute atomic E-state index is 13.1. The summed E-state index contributed by atoms with van der Waals surface area (Å²) < 4.78 is 10.5. The summed E-state index contributed by atoms with van der Waals surface area (Å²) >= 11 is 0. The molecule has 3 amide bonds. The van der Waals surface area contributed by atoms with Crippen LogP contribution in [0.3, 0.4) is 0 Å². The maximum Gasteiger partial charge on any atom is 0.254 e. The molecule has 1 aromatic rings. The molecule has 0 aromatic heterocycles. The molecule has 1 unspecified atom stereocenters. The van der Waals surface area contributed by atoms with Crippen LogP contribution in [-0.2, 0) is 9.59 Å². The molecule has 31 heavy (non-hydrogen) atoms. The molecule has 8 nitrogen and oxygen atoms in total. The van der Waals surface area contributed by atoms with Gasteiger partial charge in [-0.3, -0.25) is 14.4 Å². The van der Waals surface area contributed by atoms with E-state index >= 15 is 0 Å². The van der Waals surface area contributed by atoms with Gasteiger partial charge in [-0.25, -0.2) is 0 Å². The Balaban J connectivity index is 1.65. The Morgan fingerprint density at radius 1 is 0.935 bits per heavy atom. The molecule has 0 radical (unpaired) electrons. The standard InChI is InChI=1S/C23H33N3O5/c1-23(2,3)26-15-17(13-20(26)27)22(29)25-8-6-7-24(9-10-25)21(28)16-11-18(30-4)14-19(12-16)31-5/h11-12,14,17H,6-10,13,15H2,1-5H3. The zero-order valence-corrected chi connectivity index (χ0v) is 19.1. The first-order valence-electron chi connectivity index (χ1n) is 10.8. The molecule has 0 saturated carbocycles. The highest BCUT2D eigenvalue weighted by molar-refractivity contribution is 5.95. The molecule has 2 aliphatic rings. The van der Waals surface area contributed by atoms with Crippen LogP contribution in [0.25, 0.3) is 0 Å². The summed E-state index contributed by atoms with van der Waals surface area (Å²) in [6.07, 6.45) is 0.959. The smallest absolute Gasteiger partial charge is 0.254 e. The lowest BCUT2D eigenvalue weighted by Crippen LogP contribution is -2.44. The van der Waals surface area contributed by atoms with Crippen molar-refractivity contribution in [1.82, 2.24) is 14.7 Å². The average Bonchev–Trinajstić information content (AvgIpc) is 2.98. The van der Waals surface area contributed by atoms with Crippen LogP contribution in [0.1, 0.15) is 44.0 Å². The van der Waals surface area contributed by atoms with Crippen LogP contribution in [0.4, 0.5) is 0 Å². The van der Waals surface area contributed by atoms with E-state index in [0.717, 1.165) is 0 Å². The number of carbonyl (C=O) groups excluding carboxylic acids is 3. The van der Waals surface area contributed by atoms with Crippen molar-refractivity contribution in [3.63, 3.8) is 0 Å². The van der Waals surface area contributed by atoms with Gasteiger partial charge in [-0.05, 0) is 39.3 Å². The summed E-state index contributed by atoms with van der Waals surface area (Å²) in [5, 5.41) is 0. The molecule has 0 aliphatic carbocycles. The molecule has 2 heterocycles. The Hall–Kier alpha value is -2.77. The second-order valence-corrected chi connectivity index (χ2v) is 9.15. The van der Waals surface area contributed by atoms with E-state index in [0.29, 0.717) is 56.2 Å². The van der Waals surface area contributed by atoms with Gasteiger partial charge in [0.15, 0.2) is 0 Å². The van der Waals surface area contributed by atoms with Gasteiger partial charge >= 0.3 is 0 Å². The molecule has 2 aliphatic heterocycles. The first-order valence-corrected chi connectivity index (χ1v) is 10.8. The summed E-state index contributed by atoms with van der Waals surface area (Å²) in [5.41, 5.74) is 0.213. The number of rotatable bonds is 4. The average molecular weight is 432 g/mol. The number of ether oxygens (including phenoxy) is 2. The number of methoxy groups -OCH3 is 2. The maximum atomic E-state index is 13.1. The molecule has 0 bridgehead atoms. The van der Waals surface area contributed by atoms with Gasteiger partial charge in [0.05, 0.1) is 20.1 Å². The van der Waals surface area contributed by atoms with Crippen molar-refractivity contribution >= 4 is 17.7 Å². The van der Waals surface area contributed by atoms with E-state index < -0.39 is 0 Å². The molecule has 2 fully saturated rings. The molecular weight excluding hydrogens is 398 g/mol. The van der Waals surface area contributed by atoms with Gasteiger partial charge in [-0.2, -0.15) is 0 Å². The van der Waals surface area contributed by atoms with Crippen LogP contribution in [0.2, 0.25) is 0 Å². The fourth-order valence-corrected chi connectivity index (χ4v) is 4.23. The number of hydrogen-bond donors (Lipinski definition) is 0. The summed E-state index contributed by atoms with van der Waals surface area (Å²) in [4.78, 5) is 43.9. The Morgan fingerprint density at radius 2 is 1.52 bits per heavy atom. The fraction of sp³-hybridized carbons (Fsp3) is 0.609. The van der Waals surface area contributed by atoms with Crippen molar-refractivity contribution in [2.45, 2.75) is 39.2 Å². The number of carbonyl (C=O) groups is 3. The Bertz CT molecular complexity index is 826. The predicted octanol–water partition coefficient (Wildman–Crippen LogP) is 2.03. The van der Waals surface area contributed by atoms with Gasteiger partial charge in [0, 0.05) is 56.3 Å². The summed E-state index contributed by atoms with van der Waals surface area (Å²) in [5.74, 6) is 0.743. The zero-order chi connectivity index (χ0) is 22.8. The van der Waals surface area contributed by atoms with E-state index in [-0.39, 0.29) is 35.6 Å². The number of hydrogen-bond acceptors (Lipinski definition) is 5. The highest BCUT2D eigenvalue weighted by Crippen LogP contribution is 2.28. The van der Waals surface area contributed by atoms with Crippen molar-refractivity contribution in [3.8, 4) is 11.5 Å². The van der Waals surface area contributed by atoms with Crippen LogP contribution in [0.15, 0.2) is 18.2 Å². The van der Waals surface area contributed by atoms with E-state index in [1.807, 2.05) is 25.7 Å². The Labute approximate surface area is 184 Å². The molecule has 170 valence electrons. The largest absolute Gasteiger partial charge is 0.497 e. The Kier molecular flexibility index (Phi) is 6.77. The van der Waals surface area contributed by atoms with E-state index in [4.69, 9.17) is 9.47 Å². The van der Waals surface area contributed by atoms with Crippen LogP contribution < -0.4 is 9.47 Å². The summed E-state index contributed by atoms with van der Waals surface area (Å²) in [7, 11) is 3.10. The van der Waals surface area contributed by atoms with Crippen molar-refractivity contribution in [2.75, 3.05) is 46.9 Å². The highest BCUT2D eigenvalue weighted by Gasteiger charge is 2.41. The lowest BCUT2D eigenvalue weighted by molar-refractivity contribution is -0.135. The normalized spacial score (nSPS) is 20.0. The molecule has 8 heteroatoms. The summed E-state index contributed by atoms with van der Waals surface area (Å²) in [6, 6.07) is 5.12. The lowest BCUT2D eigenvalue weighted by atomic mass is 10.1. The first-order chi connectivity index (χ1) is 14.6. The Morgan fingerprint density at radius 3 is 2.06 bits per heavy atom. The van der Waals surface area contributed by atoms with Crippen molar-refractivity contribution in [1.29, 1.82) is 0 Å². The molecular formula is C23H33N3O5. The van der Waals surface area contributed by atoms with E-state index in [1.54, 1.807) is 42.2 Å². The number of amides is 3. The van der Waals surface area contributed by atoms with Gasteiger partial charge < -0.3 is 24.2 Å². The third kappa shape index (κ3) is 5.11. The molecule has 0 spiro atoms. The minimum Gasteiger partial charge on any atom is -0.497 e. The van der Waals surface area contributed by atoms with Crippen molar-refractivity contribution < 1.29 is 23.9 Å². The fourth-order valence-electron chi connectivity index (χ4n) is 4.23.